The minimum atomic E-state index is -0.167. The largest absolute Gasteiger partial charge is 0.453 e. The zero-order valence-electron chi connectivity index (χ0n) is 24.9. The first-order valence-electron chi connectivity index (χ1n) is 15.4. The number of fused-ring (bicyclic) bond motifs is 8. The van der Waals surface area contributed by atoms with Gasteiger partial charge in [-0.25, -0.2) is 4.85 Å². The summed E-state index contributed by atoms with van der Waals surface area (Å²) in [5, 5.41) is 0. The standard InChI is InChI=1S/C40H26BN3O/c1-40(2)27-13-4-5-17-31(27)43-33-22-25(24-11-8-12-26(21-24)42-3)23-34-37(33)41(29-15-9-14-28(40)38(29)43)30-16-10-20-36-39(30)44(34)32-18-6-7-19-35(32)45-36/h4-23H,1-2H3. The van der Waals surface area contributed by atoms with Crippen LogP contribution in [0.15, 0.2) is 121 Å². The molecule has 0 spiro atoms. The second-order valence-electron chi connectivity index (χ2n) is 12.8. The van der Waals surface area contributed by atoms with Gasteiger partial charge in [-0.3, -0.25) is 0 Å². The van der Waals surface area contributed by atoms with Gasteiger partial charge in [-0.15, -0.1) is 0 Å². The smallest absolute Gasteiger partial charge is 0.252 e. The average molecular weight is 575 g/mol. The molecule has 10 rings (SSSR count). The molecular weight excluding hydrogens is 549 g/mol. The van der Waals surface area contributed by atoms with Crippen LogP contribution in [0.5, 0.6) is 11.5 Å². The number of anilines is 6. The Bertz CT molecular complexity index is 2330. The lowest BCUT2D eigenvalue weighted by molar-refractivity contribution is 0.477. The molecule has 0 N–H and O–H groups in total. The highest BCUT2D eigenvalue weighted by molar-refractivity contribution is 7.00. The van der Waals surface area contributed by atoms with E-state index in [1.54, 1.807) is 0 Å². The summed E-state index contributed by atoms with van der Waals surface area (Å²) in [7, 11) is 0. The van der Waals surface area contributed by atoms with Gasteiger partial charge < -0.3 is 14.5 Å². The summed E-state index contributed by atoms with van der Waals surface area (Å²) < 4.78 is 6.58. The van der Waals surface area contributed by atoms with Crippen molar-refractivity contribution < 1.29 is 4.74 Å². The van der Waals surface area contributed by atoms with Crippen molar-refractivity contribution in [2.45, 2.75) is 19.3 Å². The summed E-state index contributed by atoms with van der Waals surface area (Å²) >= 11 is 0. The van der Waals surface area contributed by atoms with Gasteiger partial charge in [0.25, 0.3) is 6.71 Å². The Kier molecular flexibility index (Phi) is 4.64. The van der Waals surface area contributed by atoms with Crippen molar-refractivity contribution in [2.75, 3.05) is 9.80 Å². The van der Waals surface area contributed by atoms with Crippen LogP contribution in [0.2, 0.25) is 0 Å². The van der Waals surface area contributed by atoms with E-state index in [1.165, 1.54) is 44.6 Å². The van der Waals surface area contributed by atoms with Gasteiger partial charge in [0.05, 0.1) is 23.6 Å². The van der Waals surface area contributed by atoms with Crippen molar-refractivity contribution in [3.63, 3.8) is 0 Å². The Morgan fingerprint density at radius 3 is 2.07 bits per heavy atom. The fourth-order valence-electron chi connectivity index (χ4n) is 8.26. The molecule has 4 aliphatic rings. The van der Waals surface area contributed by atoms with Crippen LogP contribution in [0.3, 0.4) is 0 Å². The van der Waals surface area contributed by atoms with Gasteiger partial charge in [0.15, 0.2) is 17.2 Å². The predicted octanol–water partition coefficient (Wildman–Crippen LogP) is 8.73. The third kappa shape index (κ3) is 3.06. The van der Waals surface area contributed by atoms with Crippen molar-refractivity contribution in [1.82, 2.24) is 0 Å². The van der Waals surface area contributed by atoms with Crippen LogP contribution in [-0.2, 0) is 5.41 Å². The second-order valence-corrected chi connectivity index (χ2v) is 12.8. The molecule has 0 saturated carbocycles. The average Bonchev–Trinajstić information content (AvgIpc) is 3.08. The van der Waals surface area contributed by atoms with Gasteiger partial charge in [0.1, 0.15) is 0 Å². The van der Waals surface area contributed by atoms with Gasteiger partial charge >= 0.3 is 0 Å². The molecular formula is C40H26BN3O. The molecule has 0 unspecified atom stereocenters. The Labute approximate surface area is 262 Å². The lowest BCUT2D eigenvalue weighted by atomic mass is 9.33. The van der Waals surface area contributed by atoms with Gasteiger partial charge in [-0.2, -0.15) is 0 Å². The quantitative estimate of drug-likeness (QED) is 0.144. The second kappa shape index (κ2) is 8.46. The molecule has 5 heteroatoms. The fraction of sp³-hybridized carbons (Fsp3) is 0.0750. The van der Waals surface area contributed by atoms with Crippen molar-refractivity contribution in [2.24, 2.45) is 0 Å². The van der Waals surface area contributed by atoms with Crippen LogP contribution < -0.4 is 30.9 Å². The highest BCUT2D eigenvalue weighted by Crippen LogP contribution is 2.56. The SMILES string of the molecule is [C-]#[N+]c1cccc(-c2cc3c4c(c2)N2c5ccccc5C(C)(C)c5cccc(c52)B4c2cccc4c2N3c2ccccc2O4)c1. The van der Waals surface area contributed by atoms with Crippen LogP contribution in [0.25, 0.3) is 16.0 Å². The minimum absolute atomic E-state index is 0.0333. The highest BCUT2D eigenvalue weighted by atomic mass is 16.5. The number of rotatable bonds is 1. The normalized spacial score (nSPS) is 15.1. The van der Waals surface area contributed by atoms with Crippen molar-refractivity contribution in [3.8, 4) is 22.6 Å². The van der Waals surface area contributed by atoms with E-state index in [0.717, 1.165) is 39.7 Å². The molecule has 0 bridgehead atoms. The first-order chi connectivity index (χ1) is 22.0. The third-order valence-electron chi connectivity index (χ3n) is 10.2. The van der Waals surface area contributed by atoms with Gasteiger partial charge in [0.2, 0.25) is 0 Å². The van der Waals surface area contributed by atoms with Crippen LogP contribution in [0.1, 0.15) is 25.0 Å². The monoisotopic (exact) mass is 575 g/mol. The molecule has 6 aromatic carbocycles. The maximum Gasteiger partial charge on any atom is 0.252 e. The van der Waals surface area contributed by atoms with Crippen LogP contribution in [-0.4, -0.2) is 6.71 Å². The lowest BCUT2D eigenvalue weighted by Gasteiger charge is -2.50. The summed E-state index contributed by atoms with van der Waals surface area (Å²) in [6.45, 7) is 12.4. The van der Waals surface area contributed by atoms with Crippen molar-refractivity contribution in [1.29, 1.82) is 0 Å². The third-order valence-corrected chi connectivity index (χ3v) is 10.2. The molecule has 0 aliphatic carbocycles. The van der Waals surface area contributed by atoms with E-state index in [2.05, 4.69) is 126 Å². The maximum atomic E-state index is 7.71. The topological polar surface area (TPSA) is 20.1 Å². The Balaban J connectivity index is 1.38. The Morgan fingerprint density at radius 2 is 1.24 bits per heavy atom. The van der Waals surface area contributed by atoms with E-state index in [0.29, 0.717) is 5.69 Å². The number of hydrogen-bond donors (Lipinski definition) is 0. The number of benzene rings is 6. The zero-order valence-corrected chi connectivity index (χ0v) is 24.9. The van der Waals surface area contributed by atoms with E-state index in [9.17, 15) is 0 Å². The fourth-order valence-corrected chi connectivity index (χ4v) is 8.26. The zero-order chi connectivity index (χ0) is 30.0. The number of hydrogen-bond acceptors (Lipinski definition) is 3. The summed E-state index contributed by atoms with van der Waals surface area (Å²) in [5.41, 5.74) is 16.1. The van der Waals surface area contributed by atoms with Crippen molar-refractivity contribution >= 4 is 62.9 Å². The Hall–Kier alpha value is -5.73. The Morgan fingerprint density at radius 1 is 0.600 bits per heavy atom. The molecule has 0 amide bonds. The summed E-state index contributed by atoms with van der Waals surface area (Å²) in [4.78, 5) is 8.69. The molecule has 0 aromatic heterocycles. The number of para-hydroxylation sites is 5. The molecule has 6 aromatic rings. The van der Waals surface area contributed by atoms with Crippen LogP contribution >= 0.6 is 0 Å². The van der Waals surface area contributed by atoms with Crippen LogP contribution in [0.4, 0.5) is 39.8 Å². The first kappa shape index (κ1) is 24.7. The molecule has 0 atom stereocenters. The lowest BCUT2D eigenvalue weighted by Crippen LogP contribution is -2.62. The van der Waals surface area contributed by atoms with E-state index in [1.807, 2.05) is 24.3 Å². The van der Waals surface area contributed by atoms with Gasteiger partial charge in [-0.1, -0.05) is 92.7 Å². The minimum Gasteiger partial charge on any atom is -0.453 e. The molecule has 4 heterocycles. The molecule has 210 valence electrons. The summed E-state index contributed by atoms with van der Waals surface area (Å²) in [6.07, 6.45) is 0. The maximum absolute atomic E-state index is 7.71. The molecule has 4 aliphatic heterocycles. The van der Waals surface area contributed by atoms with E-state index < -0.39 is 0 Å². The summed E-state index contributed by atoms with van der Waals surface area (Å²) in [6, 6.07) is 43.2. The molecule has 45 heavy (non-hydrogen) atoms. The van der Waals surface area contributed by atoms with Gasteiger partial charge in [-0.05, 0) is 81.1 Å². The van der Waals surface area contributed by atoms with Gasteiger partial charge in [0, 0.05) is 22.5 Å². The van der Waals surface area contributed by atoms with Crippen molar-refractivity contribution in [3.05, 3.63) is 144 Å². The van der Waals surface area contributed by atoms with E-state index in [4.69, 9.17) is 11.3 Å². The van der Waals surface area contributed by atoms with E-state index >= 15 is 0 Å². The number of nitrogens with zero attached hydrogens (tertiary/aromatic N) is 3. The molecule has 0 saturated heterocycles. The molecule has 4 nitrogen and oxygen atoms in total. The predicted molar refractivity (Wildman–Crippen MR) is 184 cm³/mol. The summed E-state index contributed by atoms with van der Waals surface area (Å²) in [5.74, 6) is 1.72. The highest BCUT2D eigenvalue weighted by Gasteiger charge is 2.49. The first-order valence-corrected chi connectivity index (χ1v) is 15.4. The van der Waals surface area contributed by atoms with E-state index in [-0.39, 0.29) is 12.1 Å². The molecule has 0 fully saturated rings. The number of ether oxygens (including phenoxy) is 1. The van der Waals surface area contributed by atoms with Crippen LogP contribution in [0, 0.1) is 6.57 Å². The molecule has 0 radical (unpaired) electrons.